The van der Waals surface area contributed by atoms with Gasteiger partial charge in [0.1, 0.15) is 10.9 Å². The van der Waals surface area contributed by atoms with Crippen LogP contribution in [0, 0.1) is 0 Å². The van der Waals surface area contributed by atoms with Crippen LogP contribution in [0.2, 0.25) is 0 Å². The van der Waals surface area contributed by atoms with E-state index in [0.29, 0.717) is 18.6 Å². The van der Waals surface area contributed by atoms with E-state index in [2.05, 4.69) is 5.32 Å². The maximum Gasteiger partial charge on any atom is 0.330 e. The molecule has 2 fully saturated rings. The lowest BCUT2D eigenvalue weighted by molar-refractivity contribution is -0.156. The molecule has 0 spiro atoms. The van der Waals surface area contributed by atoms with Gasteiger partial charge in [0.25, 0.3) is 5.91 Å². The molecule has 2 aliphatic rings. The van der Waals surface area contributed by atoms with Crippen LogP contribution in [0.1, 0.15) is 18.4 Å². The third kappa shape index (κ3) is 3.26. The third-order valence-electron chi connectivity index (χ3n) is 4.45. The van der Waals surface area contributed by atoms with Gasteiger partial charge in [0.05, 0.1) is 0 Å². The van der Waals surface area contributed by atoms with Crippen molar-refractivity contribution in [3.8, 4) is 0 Å². The Kier molecular flexibility index (Phi) is 5.17. The highest BCUT2D eigenvalue weighted by Gasteiger charge is 2.57. The second-order valence-electron chi connectivity index (χ2n) is 5.98. The molecule has 0 saturated carbocycles. The molecule has 0 aromatic heterocycles. The zero-order valence-corrected chi connectivity index (χ0v) is 15.0. The van der Waals surface area contributed by atoms with Crippen LogP contribution in [0.3, 0.4) is 0 Å². The fourth-order valence-corrected chi connectivity index (χ4v) is 4.91. The molecule has 9 heteroatoms. The second kappa shape index (κ2) is 7.36. The first kappa shape index (κ1) is 18.2. The molecular weight excluding hydrogens is 358 g/mol. The molecule has 1 aromatic carbocycles. The monoisotopic (exact) mass is 377 g/mol. The van der Waals surface area contributed by atoms with Crippen LogP contribution in [0.5, 0.6) is 0 Å². The van der Waals surface area contributed by atoms with Gasteiger partial charge in [-0.05, 0) is 12.0 Å². The Morgan fingerprint density at radius 1 is 1.31 bits per heavy atom. The van der Waals surface area contributed by atoms with Gasteiger partial charge in [0.15, 0.2) is 6.61 Å². The van der Waals surface area contributed by atoms with Gasteiger partial charge in [-0.1, -0.05) is 30.3 Å². The number of carbonyl (C=O) groups is 4. The molecule has 2 aliphatic heterocycles. The largest absolute Gasteiger partial charge is 0.454 e. The number of urea groups is 1. The minimum atomic E-state index is -0.747. The zero-order chi connectivity index (χ0) is 18.7. The van der Waals surface area contributed by atoms with Crippen molar-refractivity contribution in [1.82, 2.24) is 15.5 Å². The average molecular weight is 377 g/mol. The Labute approximate surface area is 154 Å². The summed E-state index contributed by atoms with van der Waals surface area (Å²) >= 11 is 1.54. The van der Waals surface area contributed by atoms with Crippen molar-refractivity contribution in [2.75, 3.05) is 19.4 Å². The van der Waals surface area contributed by atoms with E-state index in [0.717, 1.165) is 5.56 Å². The summed E-state index contributed by atoms with van der Waals surface area (Å²) in [6.45, 7) is -0.576. The summed E-state index contributed by atoms with van der Waals surface area (Å²) in [5, 5.41) is 4.24. The summed E-state index contributed by atoms with van der Waals surface area (Å²) in [7, 11) is 1.37. The summed E-state index contributed by atoms with van der Waals surface area (Å²) in [5.74, 6) is -1.07. The summed E-state index contributed by atoms with van der Waals surface area (Å²) in [6, 6.07) is 8.17. The van der Waals surface area contributed by atoms with Crippen LogP contribution < -0.4 is 10.6 Å². The second-order valence-corrected chi connectivity index (χ2v) is 7.27. The maximum atomic E-state index is 12.5. The lowest BCUT2D eigenvalue weighted by Gasteiger charge is -2.33. The molecule has 26 heavy (non-hydrogen) atoms. The smallest absolute Gasteiger partial charge is 0.330 e. The normalized spacial score (nSPS) is 24.1. The molecule has 2 N–H and O–H groups in total. The van der Waals surface area contributed by atoms with Crippen molar-refractivity contribution < 1.29 is 23.9 Å². The van der Waals surface area contributed by atoms with Gasteiger partial charge in [0, 0.05) is 19.2 Å². The number of thioether (sulfide) groups is 1. The van der Waals surface area contributed by atoms with E-state index in [-0.39, 0.29) is 5.91 Å². The molecule has 3 rings (SSSR count). The van der Waals surface area contributed by atoms with Crippen LogP contribution >= 0.6 is 11.8 Å². The van der Waals surface area contributed by atoms with Gasteiger partial charge in [-0.25, -0.2) is 9.59 Å². The molecular formula is C17H19N3O5S. The Morgan fingerprint density at radius 3 is 2.73 bits per heavy atom. The van der Waals surface area contributed by atoms with Crippen LogP contribution in [-0.2, 0) is 24.0 Å². The van der Waals surface area contributed by atoms with Gasteiger partial charge >= 0.3 is 12.0 Å². The number of fused-ring (bicyclic) bond motifs is 1. The van der Waals surface area contributed by atoms with E-state index in [1.807, 2.05) is 35.6 Å². The minimum absolute atomic E-state index is 0.101. The average Bonchev–Trinajstić information content (AvgIpc) is 3.20. The Balaban J connectivity index is 1.70. The Bertz CT molecular complexity index is 741. The van der Waals surface area contributed by atoms with E-state index in [9.17, 15) is 19.2 Å². The molecule has 2 saturated heterocycles. The quantitative estimate of drug-likeness (QED) is 0.744. The highest BCUT2D eigenvalue weighted by Crippen LogP contribution is 2.54. The molecule has 2 atom stereocenters. The van der Waals surface area contributed by atoms with Gasteiger partial charge in [-0.15, -0.1) is 11.8 Å². The van der Waals surface area contributed by atoms with E-state index in [4.69, 9.17) is 4.74 Å². The van der Waals surface area contributed by atoms with Crippen molar-refractivity contribution in [2.45, 2.75) is 23.8 Å². The molecule has 8 nitrogen and oxygen atoms in total. The summed E-state index contributed by atoms with van der Waals surface area (Å²) in [5.41, 5.74) is 0.975. The van der Waals surface area contributed by atoms with E-state index in [1.165, 1.54) is 7.05 Å². The van der Waals surface area contributed by atoms with Crippen LogP contribution in [0.4, 0.5) is 4.79 Å². The predicted molar refractivity (Wildman–Crippen MR) is 94.0 cm³/mol. The lowest BCUT2D eigenvalue weighted by Crippen LogP contribution is -2.47. The van der Waals surface area contributed by atoms with Gasteiger partial charge in [-0.3, -0.25) is 14.9 Å². The van der Waals surface area contributed by atoms with Crippen molar-refractivity contribution >= 4 is 35.6 Å². The van der Waals surface area contributed by atoms with Gasteiger partial charge in [-0.2, -0.15) is 0 Å². The van der Waals surface area contributed by atoms with Gasteiger partial charge < -0.3 is 15.0 Å². The van der Waals surface area contributed by atoms with Crippen LogP contribution in [-0.4, -0.2) is 54.2 Å². The van der Waals surface area contributed by atoms with Crippen LogP contribution in [0.25, 0.3) is 0 Å². The SMILES string of the molecule is CNC(=O)NC(=O)COC(=O)[C@@H]1CS[C@]2(c3ccccc3)CCC(=O)N12. The van der Waals surface area contributed by atoms with Crippen LogP contribution in [0.15, 0.2) is 30.3 Å². The fraction of sp³-hybridized carbons (Fsp3) is 0.412. The molecule has 138 valence electrons. The Morgan fingerprint density at radius 2 is 2.04 bits per heavy atom. The fourth-order valence-electron chi connectivity index (χ4n) is 3.27. The molecule has 0 bridgehead atoms. The first-order valence-electron chi connectivity index (χ1n) is 8.18. The van der Waals surface area contributed by atoms with Crippen molar-refractivity contribution in [3.05, 3.63) is 35.9 Å². The molecule has 4 amide bonds. The number of hydrogen-bond donors (Lipinski definition) is 2. The van der Waals surface area contributed by atoms with Crippen molar-refractivity contribution in [2.24, 2.45) is 0 Å². The Hall–Kier alpha value is -2.55. The van der Waals surface area contributed by atoms with Crippen molar-refractivity contribution in [1.29, 1.82) is 0 Å². The van der Waals surface area contributed by atoms with Crippen molar-refractivity contribution in [3.63, 3.8) is 0 Å². The maximum absolute atomic E-state index is 12.5. The minimum Gasteiger partial charge on any atom is -0.454 e. The lowest BCUT2D eigenvalue weighted by atomic mass is 10.0. The first-order valence-corrected chi connectivity index (χ1v) is 9.16. The van der Waals surface area contributed by atoms with E-state index < -0.39 is 35.4 Å². The number of esters is 1. The highest BCUT2D eigenvalue weighted by atomic mass is 32.2. The summed E-state index contributed by atoms with van der Waals surface area (Å²) < 4.78 is 5.03. The number of benzene rings is 1. The van der Waals surface area contributed by atoms with E-state index >= 15 is 0 Å². The van der Waals surface area contributed by atoms with Gasteiger partial charge in [0.2, 0.25) is 5.91 Å². The zero-order valence-electron chi connectivity index (χ0n) is 14.2. The number of ether oxygens (including phenoxy) is 1. The summed E-state index contributed by atoms with van der Waals surface area (Å²) in [4.78, 5) is 48.6. The summed E-state index contributed by atoms with van der Waals surface area (Å²) in [6.07, 6.45) is 0.990. The third-order valence-corrected chi connectivity index (χ3v) is 6.05. The molecule has 2 heterocycles. The highest BCUT2D eigenvalue weighted by molar-refractivity contribution is 8.00. The number of imide groups is 1. The number of amides is 4. The van der Waals surface area contributed by atoms with E-state index in [1.54, 1.807) is 16.7 Å². The molecule has 0 aliphatic carbocycles. The number of rotatable bonds is 4. The standard InChI is InChI=1S/C17H19N3O5S/c1-18-16(24)19-13(21)9-25-15(23)12-10-26-17(8-7-14(22)20(12)17)11-5-3-2-4-6-11/h2-6,12H,7-10H2,1H3,(H2,18,19,21,24)/t12-,17-/m0/s1. The number of nitrogens with one attached hydrogen (secondary N) is 2. The first-order chi connectivity index (χ1) is 12.5. The molecule has 0 unspecified atom stereocenters. The number of hydrogen-bond acceptors (Lipinski definition) is 6. The molecule has 0 radical (unpaired) electrons. The number of nitrogens with zero attached hydrogens (tertiary/aromatic N) is 1. The molecule has 1 aromatic rings. The number of carbonyl (C=O) groups excluding carboxylic acids is 4. The topological polar surface area (TPSA) is 105 Å². The predicted octanol–water partition coefficient (Wildman–Crippen LogP) is 0.576.